The van der Waals surface area contributed by atoms with Gasteiger partial charge in [-0.25, -0.2) is 14.8 Å². The van der Waals surface area contributed by atoms with E-state index in [1.54, 1.807) is 0 Å². The van der Waals surface area contributed by atoms with Crippen molar-refractivity contribution in [2.75, 3.05) is 0 Å². The number of nitrogens with zero attached hydrogens (tertiary/aromatic N) is 3. The molecule has 0 spiro atoms. The molecule has 0 amide bonds. The van der Waals surface area contributed by atoms with Crippen LogP contribution in [0.2, 0.25) is 0 Å². The molecule has 194 valence electrons. The van der Waals surface area contributed by atoms with Gasteiger partial charge in [0.15, 0.2) is 11.2 Å². The summed E-state index contributed by atoms with van der Waals surface area (Å²) in [5.41, 5.74) is 2.34. The number of aromatic amines is 1. The van der Waals surface area contributed by atoms with E-state index in [0.717, 1.165) is 21.9 Å². The first-order chi connectivity index (χ1) is 18.4. The molecule has 8 heteroatoms. The minimum absolute atomic E-state index is 0.0578. The summed E-state index contributed by atoms with van der Waals surface area (Å²) in [6.45, 7) is 4.45. The average Bonchev–Trinajstić information content (AvgIpc) is 2.93. The van der Waals surface area contributed by atoms with Crippen molar-refractivity contribution in [1.82, 2.24) is 19.5 Å². The van der Waals surface area contributed by atoms with Gasteiger partial charge < -0.3 is 9.84 Å². The van der Waals surface area contributed by atoms with E-state index >= 15 is 0 Å². The number of ether oxygens (including phenoxy) is 1. The standard InChI is InChI=1S/C30H30N4O4/c1-19(2)16-34-28-27(29(36)33-30(34)37)31-24(15-14-20-8-3-4-10-22(20)17-35)25(32-28)18-38-26-13-7-11-21-9-5-6-12-23(21)26/h3-13,19,35H,14-18H2,1-2H3,(H,33,36,37). The van der Waals surface area contributed by atoms with E-state index in [2.05, 4.69) is 4.98 Å². The van der Waals surface area contributed by atoms with Crippen molar-refractivity contribution in [2.24, 2.45) is 5.92 Å². The minimum atomic E-state index is -0.559. The smallest absolute Gasteiger partial charge is 0.330 e. The summed E-state index contributed by atoms with van der Waals surface area (Å²) in [5.74, 6) is 0.876. The van der Waals surface area contributed by atoms with E-state index in [4.69, 9.17) is 14.7 Å². The summed E-state index contributed by atoms with van der Waals surface area (Å²) in [6, 6.07) is 21.5. The van der Waals surface area contributed by atoms with Crippen LogP contribution in [0.15, 0.2) is 76.3 Å². The Hall–Kier alpha value is -4.30. The largest absolute Gasteiger partial charge is 0.487 e. The van der Waals surface area contributed by atoms with E-state index in [-0.39, 0.29) is 30.3 Å². The van der Waals surface area contributed by atoms with Crippen LogP contribution < -0.4 is 16.0 Å². The van der Waals surface area contributed by atoms with Gasteiger partial charge in [0.1, 0.15) is 18.1 Å². The fourth-order valence-corrected chi connectivity index (χ4v) is 4.68. The molecule has 0 saturated heterocycles. The first-order valence-electron chi connectivity index (χ1n) is 12.8. The van der Waals surface area contributed by atoms with Crippen LogP contribution in [0.25, 0.3) is 21.9 Å². The van der Waals surface area contributed by atoms with Crippen LogP contribution in [0.4, 0.5) is 0 Å². The Balaban J connectivity index is 1.58. The molecule has 0 saturated carbocycles. The molecular formula is C30H30N4O4. The molecule has 38 heavy (non-hydrogen) atoms. The van der Waals surface area contributed by atoms with E-state index in [9.17, 15) is 14.7 Å². The third-order valence-corrected chi connectivity index (χ3v) is 6.55. The van der Waals surface area contributed by atoms with Gasteiger partial charge in [-0.1, -0.05) is 74.5 Å². The van der Waals surface area contributed by atoms with Crippen molar-refractivity contribution in [3.8, 4) is 5.75 Å². The van der Waals surface area contributed by atoms with Gasteiger partial charge in [0.25, 0.3) is 5.56 Å². The first kappa shape index (κ1) is 25.4. The highest BCUT2D eigenvalue weighted by Crippen LogP contribution is 2.26. The summed E-state index contributed by atoms with van der Waals surface area (Å²) in [4.78, 5) is 37.4. The number of rotatable bonds is 9. The van der Waals surface area contributed by atoms with Crippen LogP contribution in [-0.2, 0) is 32.6 Å². The molecule has 0 aliphatic heterocycles. The van der Waals surface area contributed by atoms with Gasteiger partial charge in [0.2, 0.25) is 0 Å². The summed E-state index contributed by atoms with van der Waals surface area (Å²) in [7, 11) is 0. The van der Waals surface area contributed by atoms with Gasteiger partial charge in [-0.3, -0.25) is 14.3 Å². The lowest BCUT2D eigenvalue weighted by Crippen LogP contribution is -2.33. The summed E-state index contributed by atoms with van der Waals surface area (Å²) in [6.07, 6.45) is 1.08. The Labute approximate surface area is 219 Å². The molecular weight excluding hydrogens is 480 g/mol. The number of H-pyrrole nitrogens is 1. The quantitative estimate of drug-likeness (QED) is 0.308. The number of aromatic nitrogens is 4. The van der Waals surface area contributed by atoms with E-state index < -0.39 is 11.2 Å². The van der Waals surface area contributed by atoms with Crippen LogP contribution in [0.3, 0.4) is 0 Å². The Morgan fingerprint density at radius 2 is 1.63 bits per heavy atom. The highest BCUT2D eigenvalue weighted by atomic mass is 16.5. The molecule has 0 atom stereocenters. The second kappa shape index (κ2) is 11.0. The van der Waals surface area contributed by atoms with Gasteiger partial charge >= 0.3 is 5.69 Å². The predicted molar refractivity (Wildman–Crippen MR) is 147 cm³/mol. The van der Waals surface area contributed by atoms with Gasteiger partial charge in [0.05, 0.1) is 12.3 Å². The summed E-state index contributed by atoms with van der Waals surface area (Å²) < 4.78 is 7.73. The number of hydrogen-bond acceptors (Lipinski definition) is 6. The third-order valence-electron chi connectivity index (χ3n) is 6.55. The lowest BCUT2D eigenvalue weighted by molar-refractivity contribution is 0.280. The van der Waals surface area contributed by atoms with Crippen LogP contribution >= 0.6 is 0 Å². The topological polar surface area (TPSA) is 110 Å². The average molecular weight is 511 g/mol. The molecule has 2 N–H and O–H groups in total. The van der Waals surface area contributed by atoms with Crippen LogP contribution in [0, 0.1) is 5.92 Å². The van der Waals surface area contributed by atoms with Crippen LogP contribution in [0.5, 0.6) is 5.75 Å². The molecule has 2 aromatic heterocycles. The predicted octanol–water partition coefficient (Wildman–Crippen LogP) is 4.15. The fourth-order valence-electron chi connectivity index (χ4n) is 4.68. The molecule has 2 heterocycles. The summed E-state index contributed by atoms with van der Waals surface area (Å²) >= 11 is 0. The van der Waals surface area contributed by atoms with Crippen molar-refractivity contribution in [1.29, 1.82) is 0 Å². The minimum Gasteiger partial charge on any atom is -0.487 e. The van der Waals surface area contributed by atoms with E-state index in [0.29, 0.717) is 36.5 Å². The molecule has 5 rings (SSSR count). The molecule has 5 aromatic rings. The Morgan fingerprint density at radius 1 is 0.895 bits per heavy atom. The second-order valence-electron chi connectivity index (χ2n) is 9.75. The van der Waals surface area contributed by atoms with Crippen molar-refractivity contribution < 1.29 is 9.84 Å². The molecule has 0 fully saturated rings. The number of nitrogens with one attached hydrogen (secondary N) is 1. The maximum Gasteiger partial charge on any atom is 0.330 e. The number of fused-ring (bicyclic) bond motifs is 2. The highest BCUT2D eigenvalue weighted by Gasteiger charge is 2.18. The van der Waals surface area contributed by atoms with Gasteiger partial charge in [-0.05, 0) is 41.3 Å². The van der Waals surface area contributed by atoms with Gasteiger partial charge in [-0.2, -0.15) is 0 Å². The normalized spacial score (nSPS) is 11.5. The third kappa shape index (κ3) is 5.21. The number of aliphatic hydroxyl groups excluding tert-OH is 1. The molecule has 8 nitrogen and oxygen atoms in total. The molecule has 3 aromatic carbocycles. The zero-order chi connectivity index (χ0) is 26.6. The fraction of sp³-hybridized carbons (Fsp3) is 0.267. The lowest BCUT2D eigenvalue weighted by Gasteiger charge is -2.15. The monoisotopic (exact) mass is 510 g/mol. The molecule has 0 aliphatic carbocycles. The number of hydrogen-bond donors (Lipinski definition) is 2. The lowest BCUT2D eigenvalue weighted by atomic mass is 10.0. The molecule has 0 radical (unpaired) electrons. The first-order valence-corrected chi connectivity index (χ1v) is 12.8. The second-order valence-corrected chi connectivity index (χ2v) is 9.75. The number of benzene rings is 3. The molecule has 0 aliphatic rings. The Morgan fingerprint density at radius 3 is 2.42 bits per heavy atom. The summed E-state index contributed by atoms with van der Waals surface area (Å²) in [5, 5.41) is 11.8. The van der Waals surface area contributed by atoms with Crippen molar-refractivity contribution in [2.45, 2.75) is 46.4 Å². The van der Waals surface area contributed by atoms with Crippen LogP contribution in [0.1, 0.15) is 36.4 Å². The Kier molecular flexibility index (Phi) is 7.33. The molecule has 0 unspecified atom stereocenters. The zero-order valence-electron chi connectivity index (χ0n) is 21.5. The van der Waals surface area contributed by atoms with Crippen molar-refractivity contribution in [3.63, 3.8) is 0 Å². The van der Waals surface area contributed by atoms with Crippen LogP contribution in [-0.4, -0.2) is 24.6 Å². The highest BCUT2D eigenvalue weighted by molar-refractivity contribution is 5.88. The van der Waals surface area contributed by atoms with Gasteiger partial charge in [-0.15, -0.1) is 0 Å². The maximum absolute atomic E-state index is 12.8. The Bertz CT molecular complexity index is 1720. The van der Waals surface area contributed by atoms with Gasteiger partial charge in [0, 0.05) is 11.9 Å². The van der Waals surface area contributed by atoms with Crippen molar-refractivity contribution >= 4 is 21.9 Å². The van der Waals surface area contributed by atoms with E-state index in [1.807, 2.05) is 80.6 Å². The SMILES string of the molecule is CC(C)Cn1c(=O)[nH]c(=O)c2nc(CCc3ccccc3CO)c(COc3cccc4ccccc34)nc21. The molecule has 0 bridgehead atoms. The maximum atomic E-state index is 12.8. The zero-order valence-corrected chi connectivity index (χ0v) is 21.5. The number of aryl methyl sites for hydroxylation is 2. The number of aliphatic hydroxyl groups is 1. The van der Waals surface area contributed by atoms with E-state index in [1.165, 1.54) is 4.57 Å². The van der Waals surface area contributed by atoms with Crippen molar-refractivity contribution in [3.05, 3.63) is 110 Å².